The van der Waals surface area contributed by atoms with Gasteiger partial charge in [-0.3, -0.25) is 9.67 Å². The van der Waals surface area contributed by atoms with Gasteiger partial charge in [-0.15, -0.1) is 0 Å². The summed E-state index contributed by atoms with van der Waals surface area (Å²) in [6.45, 7) is 0.627. The zero-order valence-electron chi connectivity index (χ0n) is 16.6. The van der Waals surface area contributed by atoms with E-state index >= 15 is 0 Å². The average molecular weight is 392 g/mol. The summed E-state index contributed by atoms with van der Waals surface area (Å²) in [6, 6.07) is 25.7. The van der Waals surface area contributed by atoms with Gasteiger partial charge in [0.15, 0.2) is 0 Å². The number of hydrogen-bond donors (Lipinski definition) is 0. The summed E-state index contributed by atoms with van der Waals surface area (Å²) in [5.41, 5.74) is 4.71. The van der Waals surface area contributed by atoms with Gasteiger partial charge in [0.1, 0.15) is 17.5 Å². The number of nitriles is 1. The maximum Gasteiger partial charge on any atom is 0.128 e. The summed E-state index contributed by atoms with van der Waals surface area (Å²) in [4.78, 5) is 4.31. The molecule has 0 spiro atoms. The van der Waals surface area contributed by atoms with E-state index in [-0.39, 0.29) is 0 Å². The summed E-state index contributed by atoms with van der Waals surface area (Å²) in [7, 11) is 1.64. The topological polar surface area (TPSA) is 63.7 Å². The van der Waals surface area contributed by atoms with Gasteiger partial charge in [0.25, 0.3) is 0 Å². The summed E-state index contributed by atoms with van der Waals surface area (Å²) < 4.78 is 7.44. The van der Waals surface area contributed by atoms with Crippen molar-refractivity contribution in [2.24, 2.45) is 0 Å². The number of pyridine rings is 1. The lowest BCUT2D eigenvalue weighted by Crippen LogP contribution is -2.00. The van der Waals surface area contributed by atoms with Crippen molar-refractivity contribution < 1.29 is 4.74 Å². The molecule has 0 radical (unpaired) electrons. The van der Waals surface area contributed by atoms with Crippen LogP contribution in [0.2, 0.25) is 0 Å². The molecule has 4 rings (SSSR count). The molecule has 2 heterocycles. The van der Waals surface area contributed by atoms with E-state index in [1.807, 2.05) is 77.6 Å². The van der Waals surface area contributed by atoms with Crippen LogP contribution in [0.15, 0.2) is 85.2 Å². The van der Waals surface area contributed by atoms with Crippen LogP contribution in [-0.4, -0.2) is 21.9 Å². The number of rotatable bonds is 6. The Morgan fingerprint density at radius 2 is 1.80 bits per heavy atom. The van der Waals surface area contributed by atoms with Crippen molar-refractivity contribution in [1.82, 2.24) is 14.8 Å². The minimum atomic E-state index is 0.478. The first-order valence-corrected chi connectivity index (χ1v) is 9.56. The first-order chi connectivity index (χ1) is 14.8. The SMILES string of the molecule is COc1ccccc1-c1nn(Cc2ccccc2)cc1C=C(C#N)c1ccccn1. The molecule has 2 aromatic heterocycles. The van der Waals surface area contributed by atoms with E-state index in [1.54, 1.807) is 13.3 Å². The maximum atomic E-state index is 9.73. The van der Waals surface area contributed by atoms with Crippen LogP contribution in [0.4, 0.5) is 0 Å². The monoisotopic (exact) mass is 392 g/mol. The Morgan fingerprint density at radius 1 is 1.03 bits per heavy atom. The molecule has 0 aliphatic rings. The molecule has 0 saturated heterocycles. The van der Waals surface area contributed by atoms with Crippen LogP contribution >= 0.6 is 0 Å². The van der Waals surface area contributed by atoms with Crippen molar-refractivity contribution >= 4 is 11.6 Å². The van der Waals surface area contributed by atoms with Crippen LogP contribution in [0.3, 0.4) is 0 Å². The number of benzene rings is 2. The van der Waals surface area contributed by atoms with Gasteiger partial charge in [0.05, 0.1) is 24.9 Å². The van der Waals surface area contributed by atoms with Crippen molar-refractivity contribution in [3.63, 3.8) is 0 Å². The molecular formula is C25H20N4O. The highest BCUT2D eigenvalue weighted by molar-refractivity contribution is 5.91. The fourth-order valence-electron chi connectivity index (χ4n) is 3.28. The van der Waals surface area contributed by atoms with E-state index < -0.39 is 0 Å². The van der Waals surface area contributed by atoms with E-state index in [4.69, 9.17) is 9.84 Å². The van der Waals surface area contributed by atoms with Gasteiger partial charge in [-0.05, 0) is 35.9 Å². The first kappa shape index (κ1) is 19.2. The number of para-hydroxylation sites is 1. The maximum absolute atomic E-state index is 9.73. The fraction of sp³-hybridized carbons (Fsp3) is 0.0800. The largest absolute Gasteiger partial charge is 0.496 e. The lowest BCUT2D eigenvalue weighted by Gasteiger charge is -2.07. The summed E-state index contributed by atoms with van der Waals surface area (Å²) in [5, 5.41) is 14.6. The molecule has 5 nitrogen and oxygen atoms in total. The molecule has 0 fully saturated rings. The second-order valence-electron chi connectivity index (χ2n) is 6.70. The quantitative estimate of drug-likeness (QED) is 0.430. The standard InChI is InChI=1S/C25H20N4O/c1-30-24-13-6-5-11-22(24)25-21(15-20(16-26)23-12-7-8-14-27-23)18-29(28-25)17-19-9-3-2-4-10-19/h2-15,18H,17H2,1H3. The Balaban J connectivity index is 1.83. The third kappa shape index (κ3) is 4.13. The van der Waals surface area contributed by atoms with Gasteiger partial charge >= 0.3 is 0 Å². The zero-order chi connectivity index (χ0) is 20.8. The van der Waals surface area contributed by atoms with E-state index in [2.05, 4.69) is 23.2 Å². The normalized spacial score (nSPS) is 11.1. The van der Waals surface area contributed by atoms with Gasteiger partial charge in [-0.25, -0.2) is 0 Å². The number of allylic oxidation sites excluding steroid dienone is 1. The number of nitrogens with zero attached hydrogens (tertiary/aromatic N) is 4. The molecule has 2 aromatic carbocycles. The van der Waals surface area contributed by atoms with Crippen LogP contribution in [0.5, 0.6) is 5.75 Å². The Labute approximate surface area is 175 Å². The highest BCUT2D eigenvalue weighted by Crippen LogP contribution is 2.33. The number of aromatic nitrogens is 3. The summed E-state index contributed by atoms with van der Waals surface area (Å²) in [5.74, 6) is 0.730. The molecule has 0 bridgehead atoms. The molecule has 5 heteroatoms. The van der Waals surface area contributed by atoms with Gasteiger partial charge in [-0.1, -0.05) is 48.5 Å². The molecule has 0 aliphatic heterocycles. The third-order valence-electron chi connectivity index (χ3n) is 4.70. The highest BCUT2D eigenvalue weighted by atomic mass is 16.5. The van der Waals surface area contributed by atoms with Gasteiger partial charge < -0.3 is 4.74 Å². The highest BCUT2D eigenvalue weighted by Gasteiger charge is 2.15. The van der Waals surface area contributed by atoms with Crippen molar-refractivity contribution in [3.05, 3.63) is 102 Å². The van der Waals surface area contributed by atoms with E-state index in [0.29, 0.717) is 17.8 Å². The zero-order valence-corrected chi connectivity index (χ0v) is 16.6. The molecular weight excluding hydrogens is 372 g/mol. The molecule has 4 aromatic rings. The second-order valence-corrected chi connectivity index (χ2v) is 6.70. The first-order valence-electron chi connectivity index (χ1n) is 9.56. The number of hydrogen-bond acceptors (Lipinski definition) is 4. The van der Waals surface area contributed by atoms with Crippen LogP contribution in [0, 0.1) is 11.3 Å². The van der Waals surface area contributed by atoms with E-state index in [1.165, 1.54) is 0 Å². The molecule has 0 aliphatic carbocycles. The van der Waals surface area contributed by atoms with Gasteiger partial charge in [0, 0.05) is 23.5 Å². The molecule has 146 valence electrons. The molecule has 30 heavy (non-hydrogen) atoms. The van der Waals surface area contributed by atoms with Crippen molar-refractivity contribution in [2.45, 2.75) is 6.54 Å². The fourth-order valence-corrected chi connectivity index (χ4v) is 3.28. The van der Waals surface area contributed by atoms with Crippen LogP contribution in [-0.2, 0) is 6.54 Å². The summed E-state index contributed by atoms with van der Waals surface area (Å²) in [6.07, 6.45) is 5.47. The average Bonchev–Trinajstić information content (AvgIpc) is 3.20. The van der Waals surface area contributed by atoms with E-state index in [9.17, 15) is 5.26 Å². The van der Waals surface area contributed by atoms with Crippen molar-refractivity contribution in [1.29, 1.82) is 5.26 Å². The molecule has 0 unspecified atom stereocenters. The van der Waals surface area contributed by atoms with Crippen molar-refractivity contribution in [3.8, 4) is 23.1 Å². The molecule has 0 N–H and O–H groups in total. The minimum absolute atomic E-state index is 0.478. The van der Waals surface area contributed by atoms with Crippen LogP contribution in [0.25, 0.3) is 22.9 Å². The third-order valence-corrected chi connectivity index (χ3v) is 4.70. The smallest absolute Gasteiger partial charge is 0.128 e. The van der Waals surface area contributed by atoms with Crippen LogP contribution < -0.4 is 4.74 Å². The van der Waals surface area contributed by atoms with Crippen LogP contribution in [0.1, 0.15) is 16.8 Å². The van der Waals surface area contributed by atoms with Gasteiger partial charge in [-0.2, -0.15) is 10.4 Å². The predicted octanol–water partition coefficient (Wildman–Crippen LogP) is 5.07. The Hall–Kier alpha value is -4.17. The Kier molecular flexibility index (Phi) is 5.68. The predicted molar refractivity (Wildman–Crippen MR) is 117 cm³/mol. The van der Waals surface area contributed by atoms with Crippen molar-refractivity contribution in [2.75, 3.05) is 7.11 Å². The number of methoxy groups -OCH3 is 1. The Bertz CT molecular complexity index is 1200. The Morgan fingerprint density at radius 3 is 2.53 bits per heavy atom. The molecule has 0 saturated carbocycles. The molecule has 0 atom stereocenters. The lowest BCUT2D eigenvalue weighted by atomic mass is 10.0. The summed E-state index contributed by atoms with van der Waals surface area (Å²) >= 11 is 0. The minimum Gasteiger partial charge on any atom is -0.496 e. The number of ether oxygens (including phenoxy) is 1. The molecule has 0 amide bonds. The van der Waals surface area contributed by atoms with Gasteiger partial charge in [0.2, 0.25) is 0 Å². The van der Waals surface area contributed by atoms with E-state index in [0.717, 1.165) is 28.1 Å². The lowest BCUT2D eigenvalue weighted by molar-refractivity contribution is 0.416. The second kappa shape index (κ2) is 8.89.